The molecule has 1 saturated heterocycles. The number of rotatable bonds is 7. The zero-order valence-electron chi connectivity index (χ0n) is 15.3. The Bertz CT molecular complexity index is 399. The molecule has 2 atom stereocenters. The third kappa shape index (κ3) is 6.50. The van der Waals surface area contributed by atoms with E-state index in [4.69, 9.17) is 9.47 Å². The Labute approximate surface area is 137 Å². The summed E-state index contributed by atoms with van der Waals surface area (Å²) in [6.07, 6.45) is 2.83. The van der Waals surface area contributed by atoms with Crippen molar-refractivity contribution in [3.63, 3.8) is 0 Å². The van der Waals surface area contributed by atoms with E-state index in [1.54, 1.807) is 0 Å². The van der Waals surface area contributed by atoms with Crippen LogP contribution in [0.2, 0.25) is 0 Å². The number of hydrogen-bond acceptors (Lipinski definition) is 2. The molecule has 0 aromatic heterocycles. The fraction of sp³-hybridized carbons (Fsp3) is 0.700. The summed E-state index contributed by atoms with van der Waals surface area (Å²) in [5, 5.41) is 0. The maximum Gasteiger partial charge on any atom is 0.104 e. The molecule has 1 aliphatic heterocycles. The normalized spacial score (nSPS) is 18.4. The lowest BCUT2D eigenvalue weighted by Gasteiger charge is -2.31. The average Bonchev–Trinajstić information content (AvgIpc) is 3.31. The highest BCUT2D eigenvalue weighted by atomic mass is 16.6. The number of ether oxygens (including phenoxy) is 2. The van der Waals surface area contributed by atoms with Crippen molar-refractivity contribution < 1.29 is 9.47 Å². The summed E-state index contributed by atoms with van der Waals surface area (Å²) in [6.45, 7) is 15.5. The summed E-state index contributed by atoms with van der Waals surface area (Å²) in [6, 6.07) is 8.96. The molecule has 1 aromatic rings. The second-order valence-corrected chi connectivity index (χ2v) is 6.92. The van der Waals surface area contributed by atoms with Gasteiger partial charge in [-0.2, -0.15) is 0 Å². The lowest BCUT2D eigenvalue weighted by molar-refractivity contribution is 0.104. The van der Waals surface area contributed by atoms with Gasteiger partial charge in [0.25, 0.3) is 0 Å². The van der Waals surface area contributed by atoms with E-state index in [0.29, 0.717) is 24.0 Å². The molecule has 2 heteroatoms. The Morgan fingerprint density at radius 1 is 1.18 bits per heavy atom. The average molecular weight is 306 g/mol. The summed E-state index contributed by atoms with van der Waals surface area (Å²) in [4.78, 5) is 0. The molecule has 0 spiro atoms. The van der Waals surface area contributed by atoms with Gasteiger partial charge in [-0.05, 0) is 28.9 Å². The van der Waals surface area contributed by atoms with Crippen LogP contribution in [-0.4, -0.2) is 19.3 Å². The molecule has 126 valence electrons. The van der Waals surface area contributed by atoms with E-state index in [2.05, 4.69) is 52.0 Å². The van der Waals surface area contributed by atoms with Crippen molar-refractivity contribution in [1.82, 2.24) is 0 Å². The first-order chi connectivity index (χ1) is 10.5. The summed E-state index contributed by atoms with van der Waals surface area (Å²) < 4.78 is 10.8. The van der Waals surface area contributed by atoms with Crippen molar-refractivity contribution in [3.8, 4) is 0 Å². The van der Waals surface area contributed by atoms with Crippen molar-refractivity contribution in [3.05, 3.63) is 35.4 Å². The molecule has 1 fully saturated rings. The molecule has 2 nitrogen and oxygen atoms in total. The molecule has 0 N–H and O–H groups in total. The molecule has 2 rings (SSSR count). The summed E-state index contributed by atoms with van der Waals surface area (Å²) in [5.74, 6) is 0.627. The molecule has 0 aliphatic carbocycles. The van der Waals surface area contributed by atoms with Gasteiger partial charge in [0.05, 0.1) is 19.8 Å². The van der Waals surface area contributed by atoms with Crippen LogP contribution in [0.1, 0.15) is 71.4 Å². The lowest BCUT2D eigenvalue weighted by atomic mass is 9.74. The van der Waals surface area contributed by atoms with Gasteiger partial charge in [0, 0.05) is 0 Å². The van der Waals surface area contributed by atoms with Crippen LogP contribution >= 0.6 is 0 Å². The van der Waals surface area contributed by atoms with Crippen LogP contribution in [0, 0.1) is 5.41 Å². The van der Waals surface area contributed by atoms with Gasteiger partial charge in [0.1, 0.15) is 6.10 Å². The number of epoxide rings is 1. The van der Waals surface area contributed by atoms with Crippen molar-refractivity contribution in [1.29, 1.82) is 0 Å². The minimum absolute atomic E-state index is 0.317. The standard InChI is InChI=1S/C18H28O2.C2H6/c1-5-6-17(18(2,3)4)15-9-7-14(8-10-15)11-19-12-16-13-20-16;1-2/h7-10,16-17H,5-6,11-13H2,1-4H3;1-2H3. The van der Waals surface area contributed by atoms with Crippen molar-refractivity contribution in [2.24, 2.45) is 5.41 Å². The Balaban J connectivity index is 0.00000116. The van der Waals surface area contributed by atoms with Gasteiger partial charge >= 0.3 is 0 Å². The first kappa shape index (κ1) is 19.2. The predicted octanol–water partition coefficient (Wildman–Crippen LogP) is 5.56. The summed E-state index contributed by atoms with van der Waals surface area (Å²) >= 11 is 0. The zero-order chi connectivity index (χ0) is 16.6. The van der Waals surface area contributed by atoms with Gasteiger partial charge < -0.3 is 9.47 Å². The van der Waals surface area contributed by atoms with E-state index in [1.165, 1.54) is 24.0 Å². The number of hydrogen-bond donors (Lipinski definition) is 0. The molecular weight excluding hydrogens is 272 g/mol. The molecule has 1 aromatic carbocycles. The van der Waals surface area contributed by atoms with E-state index in [9.17, 15) is 0 Å². The largest absolute Gasteiger partial charge is 0.374 e. The third-order valence-corrected chi connectivity index (χ3v) is 3.98. The van der Waals surface area contributed by atoms with E-state index in [-0.39, 0.29) is 0 Å². The van der Waals surface area contributed by atoms with Gasteiger partial charge in [-0.3, -0.25) is 0 Å². The summed E-state index contributed by atoms with van der Waals surface area (Å²) in [7, 11) is 0. The molecule has 0 radical (unpaired) electrons. The first-order valence-corrected chi connectivity index (χ1v) is 8.79. The first-order valence-electron chi connectivity index (χ1n) is 8.79. The van der Waals surface area contributed by atoms with Crippen LogP contribution in [0.4, 0.5) is 0 Å². The molecule has 22 heavy (non-hydrogen) atoms. The highest BCUT2D eigenvalue weighted by Gasteiger charge is 2.25. The SMILES string of the molecule is CC.CCCC(c1ccc(COCC2CO2)cc1)C(C)(C)C. The van der Waals surface area contributed by atoms with Crippen molar-refractivity contribution >= 4 is 0 Å². The fourth-order valence-corrected chi connectivity index (χ4v) is 2.71. The third-order valence-electron chi connectivity index (χ3n) is 3.98. The molecule has 0 bridgehead atoms. The zero-order valence-corrected chi connectivity index (χ0v) is 15.3. The number of benzene rings is 1. The van der Waals surface area contributed by atoms with Crippen molar-refractivity contribution in [2.75, 3.05) is 13.2 Å². The predicted molar refractivity (Wildman–Crippen MR) is 94.3 cm³/mol. The Morgan fingerprint density at radius 3 is 2.23 bits per heavy atom. The van der Waals surface area contributed by atoms with Gasteiger partial charge in [-0.15, -0.1) is 0 Å². The monoisotopic (exact) mass is 306 g/mol. The quantitative estimate of drug-likeness (QED) is 0.615. The topological polar surface area (TPSA) is 21.8 Å². The molecule has 1 aliphatic rings. The molecule has 0 saturated carbocycles. The maximum absolute atomic E-state index is 5.63. The van der Waals surface area contributed by atoms with Crippen LogP contribution in [0.25, 0.3) is 0 Å². The minimum atomic E-state index is 0.317. The highest BCUT2D eigenvalue weighted by molar-refractivity contribution is 5.26. The van der Waals surface area contributed by atoms with Crippen LogP contribution in [-0.2, 0) is 16.1 Å². The van der Waals surface area contributed by atoms with Crippen LogP contribution < -0.4 is 0 Å². The van der Waals surface area contributed by atoms with Crippen LogP contribution in [0.3, 0.4) is 0 Å². The van der Waals surface area contributed by atoms with E-state index >= 15 is 0 Å². The lowest BCUT2D eigenvalue weighted by Crippen LogP contribution is -2.18. The Hall–Kier alpha value is -0.860. The van der Waals surface area contributed by atoms with E-state index in [1.807, 2.05) is 13.8 Å². The van der Waals surface area contributed by atoms with Crippen LogP contribution in [0.5, 0.6) is 0 Å². The van der Waals surface area contributed by atoms with Crippen LogP contribution in [0.15, 0.2) is 24.3 Å². The Morgan fingerprint density at radius 2 is 1.77 bits per heavy atom. The molecule has 0 amide bonds. The minimum Gasteiger partial charge on any atom is -0.374 e. The van der Waals surface area contributed by atoms with Gasteiger partial charge in [-0.25, -0.2) is 0 Å². The second-order valence-electron chi connectivity index (χ2n) is 6.92. The fourth-order valence-electron chi connectivity index (χ4n) is 2.71. The summed E-state index contributed by atoms with van der Waals surface area (Å²) in [5.41, 5.74) is 3.02. The van der Waals surface area contributed by atoms with Gasteiger partial charge in [0.15, 0.2) is 0 Å². The van der Waals surface area contributed by atoms with Gasteiger partial charge in [-0.1, -0.05) is 72.2 Å². The molecule has 1 heterocycles. The molecular formula is C20H34O2. The van der Waals surface area contributed by atoms with Crippen molar-refractivity contribution in [2.45, 2.75) is 73.0 Å². The van der Waals surface area contributed by atoms with E-state index in [0.717, 1.165) is 13.2 Å². The van der Waals surface area contributed by atoms with Gasteiger partial charge in [0.2, 0.25) is 0 Å². The highest BCUT2D eigenvalue weighted by Crippen LogP contribution is 2.38. The van der Waals surface area contributed by atoms with E-state index < -0.39 is 0 Å². The smallest absolute Gasteiger partial charge is 0.104 e. The Kier molecular flexibility index (Phi) is 8.13. The second kappa shape index (κ2) is 9.32. The maximum atomic E-state index is 5.63. The molecule has 2 unspecified atom stereocenters.